The second-order valence-electron chi connectivity index (χ2n) is 12.1. The molecule has 0 saturated carbocycles. The van der Waals surface area contributed by atoms with Gasteiger partial charge in [-0.1, -0.05) is 133 Å². The van der Waals surface area contributed by atoms with Gasteiger partial charge in [-0.15, -0.1) is 0 Å². The third-order valence-corrected chi connectivity index (χ3v) is 10.7. The van der Waals surface area contributed by atoms with E-state index in [1.165, 1.54) is 92.2 Å². The van der Waals surface area contributed by atoms with Crippen molar-refractivity contribution in [2.45, 2.75) is 9.79 Å². The predicted molar refractivity (Wildman–Crippen MR) is 196 cm³/mol. The summed E-state index contributed by atoms with van der Waals surface area (Å²) in [6.45, 7) is 0. The number of hydrogen-bond donors (Lipinski definition) is 0. The van der Waals surface area contributed by atoms with E-state index in [4.69, 9.17) is 0 Å². The van der Waals surface area contributed by atoms with E-state index in [0.717, 1.165) is 0 Å². The van der Waals surface area contributed by atoms with Crippen molar-refractivity contribution in [2.24, 2.45) is 0 Å². The first-order chi connectivity index (χ1) is 22.8. The summed E-state index contributed by atoms with van der Waals surface area (Å²) in [5.74, 6) is 0. The molecule has 0 spiro atoms. The predicted octanol–water partition coefficient (Wildman–Crippen LogP) is 12.6. The molecular weight excluding hydrogens is 575 g/mol. The van der Waals surface area contributed by atoms with Crippen LogP contribution in [-0.2, 0) is 0 Å². The summed E-state index contributed by atoms with van der Waals surface area (Å²) in [5, 5.41) is 7.82. The fraction of sp³-hybridized carbons (Fsp3) is 0. The Morgan fingerprint density at radius 1 is 0.370 bits per heavy atom. The average Bonchev–Trinajstić information content (AvgIpc) is 3.47. The summed E-state index contributed by atoms with van der Waals surface area (Å²) in [6, 6.07) is 60.2. The lowest BCUT2D eigenvalue weighted by Gasteiger charge is -2.21. The molecule has 2 heterocycles. The van der Waals surface area contributed by atoms with E-state index in [1.807, 2.05) is 11.8 Å². The van der Waals surface area contributed by atoms with Crippen molar-refractivity contribution in [2.75, 3.05) is 0 Å². The van der Waals surface area contributed by atoms with Crippen molar-refractivity contribution in [3.63, 3.8) is 0 Å². The molecule has 0 fully saturated rings. The van der Waals surface area contributed by atoms with Gasteiger partial charge in [0.1, 0.15) is 0 Å². The van der Waals surface area contributed by atoms with Crippen LogP contribution in [0.3, 0.4) is 0 Å². The number of aromatic nitrogens is 1. The second kappa shape index (κ2) is 9.97. The van der Waals surface area contributed by atoms with Crippen LogP contribution in [0.5, 0.6) is 0 Å². The molecule has 1 aliphatic rings. The monoisotopic (exact) mass is 601 g/mol. The Morgan fingerprint density at radius 2 is 1.09 bits per heavy atom. The van der Waals surface area contributed by atoms with E-state index in [0.29, 0.717) is 0 Å². The molecule has 1 aliphatic heterocycles. The van der Waals surface area contributed by atoms with E-state index in [-0.39, 0.29) is 0 Å². The van der Waals surface area contributed by atoms with Crippen molar-refractivity contribution < 1.29 is 0 Å². The molecule has 8 aromatic carbocycles. The number of hydrogen-bond acceptors (Lipinski definition) is 1. The van der Waals surface area contributed by atoms with Gasteiger partial charge in [0.25, 0.3) is 0 Å². The first-order valence-corrected chi connectivity index (χ1v) is 16.6. The molecule has 0 amide bonds. The van der Waals surface area contributed by atoms with E-state index in [2.05, 4.69) is 168 Å². The first kappa shape index (κ1) is 25.7. The Bertz CT molecular complexity index is 2680. The number of rotatable bonds is 3. The molecule has 10 rings (SSSR count). The Kier molecular flexibility index (Phi) is 5.58. The van der Waals surface area contributed by atoms with E-state index >= 15 is 0 Å². The Balaban J connectivity index is 1.13. The molecule has 214 valence electrons. The highest BCUT2D eigenvalue weighted by atomic mass is 32.2. The molecule has 0 atom stereocenters. The molecular formula is C44H27NS. The van der Waals surface area contributed by atoms with Crippen molar-refractivity contribution >= 4 is 55.1 Å². The second-order valence-corrected chi connectivity index (χ2v) is 13.2. The number of para-hydroxylation sites is 1. The quantitative estimate of drug-likeness (QED) is 0.195. The van der Waals surface area contributed by atoms with Gasteiger partial charge in [-0.05, 0) is 92.0 Å². The zero-order valence-electron chi connectivity index (χ0n) is 24.9. The Hall–Kier alpha value is -5.57. The summed E-state index contributed by atoms with van der Waals surface area (Å²) in [6.07, 6.45) is 0. The van der Waals surface area contributed by atoms with Crippen LogP contribution in [0.2, 0.25) is 0 Å². The van der Waals surface area contributed by atoms with Crippen LogP contribution in [-0.4, -0.2) is 4.57 Å². The minimum absolute atomic E-state index is 1.17. The summed E-state index contributed by atoms with van der Waals surface area (Å²) in [4.78, 5) is 2.66. The van der Waals surface area contributed by atoms with Gasteiger partial charge in [-0.25, -0.2) is 0 Å². The molecule has 46 heavy (non-hydrogen) atoms. The molecule has 1 aromatic heterocycles. The van der Waals surface area contributed by atoms with Crippen molar-refractivity contribution in [3.05, 3.63) is 164 Å². The molecule has 0 bridgehead atoms. The minimum atomic E-state index is 1.17. The van der Waals surface area contributed by atoms with E-state index < -0.39 is 0 Å². The Morgan fingerprint density at radius 3 is 2.04 bits per heavy atom. The summed E-state index contributed by atoms with van der Waals surface area (Å²) < 4.78 is 2.42. The summed E-state index contributed by atoms with van der Waals surface area (Å²) in [5.41, 5.74) is 11.2. The highest BCUT2D eigenvalue weighted by Crippen LogP contribution is 2.49. The molecule has 1 nitrogen and oxygen atoms in total. The third-order valence-electron chi connectivity index (χ3n) is 9.57. The highest BCUT2D eigenvalue weighted by molar-refractivity contribution is 7.99. The number of nitrogens with zero attached hydrogens (tertiary/aromatic N) is 1. The van der Waals surface area contributed by atoms with Crippen LogP contribution in [0.1, 0.15) is 0 Å². The normalized spacial score (nSPS) is 12.3. The standard InChI is InChI=1S/C44H27NS/c1-2-15-34-28(10-1)22-24-40-43(34)38-17-3-5-20-39(38)45(40)32-14-8-12-30(27-32)29-11-7-13-31(26-29)33-23-25-42-44-36(33)18-9-19-37(44)35-16-4-6-21-41(35)46-42/h1-27H. The molecule has 0 radical (unpaired) electrons. The van der Waals surface area contributed by atoms with Crippen LogP contribution in [0.15, 0.2) is 174 Å². The first-order valence-electron chi connectivity index (χ1n) is 15.8. The van der Waals surface area contributed by atoms with Crippen LogP contribution in [0.25, 0.3) is 82.4 Å². The van der Waals surface area contributed by atoms with Gasteiger partial charge in [0.05, 0.1) is 11.0 Å². The molecule has 0 saturated heterocycles. The van der Waals surface area contributed by atoms with Gasteiger partial charge in [-0.2, -0.15) is 0 Å². The van der Waals surface area contributed by atoms with Crippen LogP contribution >= 0.6 is 11.8 Å². The lowest BCUT2D eigenvalue weighted by Crippen LogP contribution is -1.95. The largest absolute Gasteiger partial charge is 0.309 e. The SMILES string of the molecule is c1cc(-c2cccc(-n3c4ccccc4c4c5ccccc5ccc43)c2)cc(-c2ccc3c4c(cccc24)-c2ccccc2S3)c1. The lowest BCUT2D eigenvalue weighted by atomic mass is 9.91. The fourth-order valence-electron chi connectivity index (χ4n) is 7.54. The van der Waals surface area contributed by atoms with Crippen LogP contribution in [0.4, 0.5) is 0 Å². The van der Waals surface area contributed by atoms with Crippen molar-refractivity contribution in [1.82, 2.24) is 4.57 Å². The smallest absolute Gasteiger partial charge is 0.0547 e. The van der Waals surface area contributed by atoms with Crippen molar-refractivity contribution in [1.29, 1.82) is 0 Å². The maximum Gasteiger partial charge on any atom is 0.0547 e. The van der Waals surface area contributed by atoms with Gasteiger partial charge in [0, 0.05) is 31.6 Å². The lowest BCUT2D eigenvalue weighted by molar-refractivity contribution is 1.18. The van der Waals surface area contributed by atoms with Gasteiger partial charge in [0.15, 0.2) is 0 Å². The maximum atomic E-state index is 2.42. The van der Waals surface area contributed by atoms with Crippen molar-refractivity contribution in [3.8, 4) is 39.1 Å². The highest BCUT2D eigenvalue weighted by Gasteiger charge is 2.20. The van der Waals surface area contributed by atoms with Gasteiger partial charge >= 0.3 is 0 Å². The van der Waals surface area contributed by atoms with Gasteiger partial charge < -0.3 is 4.57 Å². The topological polar surface area (TPSA) is 4.93 Å². The van der Waals surface area contributed by atoms with Gasteiger partial charge in [0.2, 0.25) is 0 Å². The zero-order valence-corrected chi connectivity index (χ0v) is 25.8. The number of benzene rings is 8. The molecule has 2 heteroatoms. The summed E-state index contributed by atoms with van der Waals surface area (Å²) >= 11 is 1.88. The van der Waals surface area contributed by atoms with Crippen LogP contribution in [0, 0.1) is 0 Å². The minimum Gasteiger partial charge on any atom is -0.309 e. The molecule has 0 unspecified atom stereocenters. The molecule has 9 aromatic rings. The van der Waals surface area contributed by atoms with E-state index in [1.54, 1.807) is 0 Å². The molecule has 0 aliphatic carbocycles. The molecule has 0 N–H and O–H groups in total. The fourth-order valence-corrected chi connectivity index (χ4v) is 8.67. The van der Waals surface area contributed by atoms with Crippen LogP contribution < -0.4 is 0 Å². The van der Waals surface area contributed by atoms with E-state index in [9.17, 15) is 0 Å². The van der Waals surface area contributed by atoms with Gasteiger partial charge in [-0.3, -0.25) is 0 Å². The Labute approximate surface area is 271 Å². The maximum absolute atomic E-state index is 2.42. The number of fused-ring (bicyclic) bond motifs is 7. The average molecular weight is 602 g/mol. The third kappa shape index (κ3) is 3.77. The zero-order chi connectivity index (χ0) is 30.2. The summed E-state index contributed by atoms with van der Waals surface area (Å²) in [7, 11) is 0.